The molecular formula is C17H26B8N6O2S. The standard InChI is InChI=1S/C17H26B8N6O2S/c1-7-29-30-13(34-7)9-3-2-8-5-26-11(4-10(8)27-9)28-12(32)6-31-14(18,19)16(22,23)33-17(24,25)15(31,20)21/h2-5H,6,18-25H2,1H3,(H,26,28,32). The van der Waals surface area contributed by atoms with Crippen LogP contribution in [0.3, 0.4) is 0 Å². The Morgan fingerprint density at radius 1 is 1.06 bits per heavy atom. The molecule has 4 heterocycles. The van der Waals surface area contributed by atoms with Crippen molar-refractivity contribution in [1.29, 1.82) is 0 Å². The third-order valence-electron chi connectivity index (χ3n) is 7.69. The summed E-state index contributed by atoms with van der Waals surface area (Å²) in [6.45, 7) is 2.13. The Balaban J connectivity index is 1.58. The molecule has 1 amide bonds. The van der Waals surface area contributed by atoms with Crippen molar-refractivity contribution in [3.63, 3.8) is 0 Å². The van der Waals surface area contributed by atoms with Gasteiger partial charge in [0.2, 0.25) is 5.91 Å². The summed E-state index contributed by atoms with van der Waals surface area (Å²) < 4.78 is 6.52. The predicted octanol–water partition coefficient (Wildman–Crippen LogP) is -6.59. The van der Waals surface area contributed by atoms with Crippen molar-refractivity contribution in [1.82, 2.24) is 25.1 Å². The van der Waals surface area contributed by atoms with E-state index in [0.29, 0.717) is 5.82 Å². The normalized spacial score (nSPS) is 20.6. The molecule has 0 spiro atoms. The van der Waals surface area contributed by atoms with Crippen LogP contribution in [-0.4, -0.2) is 122 Å². The van der Waals surface area contributed by atoms with Crippen molar-refractivity contribution in [3.8, 4) is 10.7 Å². The molecule has 3 aromatic rings. The van der Waals surface area contributed by atoms with Crippen LogP contribution in [0.2, 0.25) is 0 Å². The van der Waals surface area contributed by atoms with Crippen molar-refractivity contribution >= 4 is 96.7 Å². The van der Waals surface area contributed by atoms with E-state index in [1.165, 1.54) is 11.3 Å². The van der Waals surface area contributed by atoms with Gasteiger partial charge in [0.05, 0.1) is 12.1 Å². The zero-order valence-corrected chi connectivity index (χ0v) is 22.3. The van der Waals surface area contributed by atoms with Gasteiger partial charge in [-0.15, -0.1) is 10.2 Å². The Morgan fingerprint density at radius 3 is 2.29 bits per heavy atom. The van der Waals surface area contributed by atoms with Crippen molar-refractivity contribution in [2.24, 2.45) is 0 Å². The summed E-state index contributed by atoms with van der Waals surface area (Å²) in [5, 5.41) is 12.1. The van der Waals surface area contributed by atoms with E-state index in [4.69, 9.17) is 9.72 Å². The highest BCUT2D eigenvalue weighted by Crippen LogP contribution is 2.39. The highest BCUT2D eigenvalue weighted by molar-refractivity contribution is 7.14. The molecule has 17 heteroatoms. The molecule has 8 nitrogen and oxygen atoms in total. The van der Waals surface area contributed by atoms with Crippen LogP contribution < -0.4 is 5.32 Å². The first kappa shape index (κ1) is 25.1. The Bertz CT molecular complexity index is 1240. The number of hydrogen-bond acceptors (Lipinski definition) is 8. The zero-order valence-electron chi connectivity index (χ0n) is 21.5. The highest BCUT2D eigenvalue weighted by Gasteiger charge is 2.58. The summed E-state index contributed by atoms with van der Waals surface area (Å²) >= 11 is 1.50. The predicted molar refractivity (Wildman–Crippen MR) is 159 cm³/mol. The van der Waals surface area contributed by atoms with Gasteiger partial charge in [-0.3, -0.25) is 4.79 Å². The van der Waals surface area contributed by atoms with Crippen LogP contribution in [0.4, 0.5) is 5.82 Å². The zero-order chi connectivity index (χ0) is 25.1. The lowest BCUT2D eigenvalue weighted by Gasteiger charge is -2.68. The van der Waals surface area contributed by atoms with Crippen LogP contribution >= 0.6 is 11.3 Å². The molecule has 3 aromatic heterocycles. The first-order valence-electron chi connectivity index (χ1n) is 11.5. The topological polar surface area (TPSA) is 93.1 Å². The lowest BCUT2D eigenvalue weighted by Crippen LogP contribution is -2.86. The number of carbonyl (C=O) groups is 1. The number of pyridine rings is 2. The fraction of sp³-hybridized carbons (Fsp3) is 0.353. The third-order valence-corrected chi connectivity index (χ3v) is 8.56. The molecule has 1 aliphatic heterocycles. The van der Waals surface area contributed by atoms with Crippen molar-refractivity contribution in [2.75, 3.05) is 11.9 Å². The van der Waals surface area contributed by atoms with Gasteiger partial charge < -0.3 is 15.0 Å². The number of aromatic nitrogens is 4. The smallest absolute Gasteiger partial charge is 0.239 e. The second-order valence-corrected chi connectivity index (χ2v) is 12.1. The van der Waals surface area contributed by atoms with Gasteiger partial charge in [-0.05, 0) is 29.7 Å². The van der Waals surface area contributed by atoms with Crippen molar-refractivity contribution in [2.45, 2.75) is 28.4 Å². The molecule has 0 aromatic carbocycles. The maximum atomic E-state index is 13.2. The molecule has 1 N–H and O–H groups in total. The van der Waals surface area contributed by atoms with Gasteiger partial charge in [-0.2, -0.15) is 0 Å². The minimum Gasteiger partial charge on any atom is -0.403 e. The van der Waals surface area contributed by atoms with Gasteiger partial charge in [0.15, 0.2) is 5.01 Å². The molecule has 34 heavy (non-hydrogen) atoms. The number of carbonyl (C=O) groups excluding carboxylic acids is 1. The van der Waals surface area contributed by atoms with Gasteiger partial charge in [-0.25, -0.2) is 9.97 Å². The largest absolute Gasteiger partial charge is 0.403 e. The van der Waals surface area contributed by atoms with Crippen LogP contribution in [0.15, 0.2) is 24.4 Å². The number of anilines is 1. The SMILES string of the molecule is BC1(B)OC(B)(B)C(B)(B)N(CC(=O)Nc2cc3nc(-c4nnc(C)s4)ccc3cn2)C1(B)B. The highest BCUT2D eigenvalue weighted by atomic mass is 32.1. The molecule has 0 saturated carbocycles. The van der Waals surface area contributed by atoms with Gasteiger partial charge in [0.1, 0.15) is 79.3 Å². The molecule has 0 aliphatic carbocycles. The van der Waals surface area contributed by atoms with E-state index in [1.807, 2.05) is 19.1 Å². The summed E-state index contributed by atoms with van der Waals surface area (Å²) in [5.41, 5.74) is 1.49. The summed E-state index contributed by atoms with van der Waals surface area (Å²) in [7, 11) is 16.9. The van der Waals surface area contributed by atoms with E-state index in [1.54, 1.807) is 12.3 Å². The first-order chi connectivity index (χ1) is 15.6. The van der Waals surface area contributed by atoms with Gasteiger partial charge in [0, 0.05) is 28.4 Å². The van der Waals surface area contributed by atoms with Gasteiger partial charge in [-0.1, -0.05) is 11.3 Å². The van der Waals surface area contributed by atoms with E-state index in [2.05, 4.69) is 88.2 Å². The van der Waals surface area contributed by atoms with E-state index in [9.17, 15) is 4.79 Å². The van der Waals surface area contributed by atoms with E-state index in [-0.39, 0.29) is 23.1 Å². The Labute approximate surface area is 211 Å². The molecule has 1 fully saturated rings. The van der Waals surface area contributed by atoms with Crippen LogP contribution in [0.25, 0.3) is 21.6 Å². The van der Waals surface area contributed by atoms with Crippen molar-refractivity contribution in [3.05, 3.63) is 29.4 Å². The number of nitrogens with zero attached hydrogens (tertiary/aromatic N) is 5. The number of ether oxygens (including phenoxy) is 1. The molecule has 0 radical (unpaired) electrons. The average Bonchev–Trinajstić information content (AvgIpc) is 3.16. The molecule has 0 unspecified atom stereocenters. The average molecular weight is 465 g/mol. The quantitative estimate of drug-likeness (QED) is 0.384. The minimum absolute atomic E-state index is 0.127. The molecule has 1 aliphatic rings. The van der Waals surface area contributed by atoms with E-state index >= 15 is 0 Å². The third kappa shape index (κ3) is 4.26. The number of hydrogen-bond donors (Lipinski definition) is 1. The summed E-state index contributed by atoms with van der Waals surface area (Å²) in [6, 6.07) is 5.67. The lowest BCUT2D eigenvalue weighted by molar-refractivity contribution is -0.131. The van der Waals surface area contributed by atoms with Crippen LogP contribution in [0, 0.1) is 6.92 Å². The fourth-order valence-electron chi connectivity index (χ4n) is 4.56. The number of aryl methyl sites for hydroxylation is 1. The number of morpholine rings is 1. The number of fused-ring (bicyclic) bond motifs is 1. The van der Waals surface area contributed by atoms with Gasteiger partial charge in [0.25, 0.3) is 0 Å². The van der Waals surface area contributed by atoms with Crippen LogP contribution in [-0.2, 0) is 9.53 Å². The van der Waals surface area contributed by atoms with Crippen LogP contribution in [0.1, 0.15) is 5.01 Å². The first-order valence-corrected chi connectivity index (χ1v) is 12.3. The maximum absolute atomic E-state index is 13.2. The fourth-order valence-corrected chi connectivity index (χ4v) is 5.22. The molecule has 1 saturated heterocycles. The number of amides is 1. The van der Waals surface area contributed by atoms with E-state index in [0.717, 1.165) is 26.6 Å². The monoisotopic (exact) mass is 466 g/mol. The molecule has 0 bridgehead atoms. The summed E-state index contributed by atoms with van der Waals surface area (Å²) in [6.07, 6.45) is 1.72. The summed E-state index contributed by atoms with van der Waals surface area (Å²) in [5.74, 6) is 0.343. The minimum atomic E-state index is -0.448. The second-order valence-electron chi connectivity index (χ2n) is 11.0. The second kappa shape index (κ2) is 8.31. The van der Waals surface area contributed by atoms with Crippen molar-refractivity contribution < 1.29 is 9.53 Å². The molecule has 4 rings (SSSR count). The van der Waals surface area contributed by atoms with Gasteiger partial charge >= 0.3 is 0 Å². The summed E-state index contributed by atoms with van der Waals surface area (Å²) in [4.78, 5) is 24.6. The molecule has 0 atom stereocenters. The Kier molecular flexibility index (Phi) is 6.14. The maximum Gasteiger partial charge on any atom is 0.239 e. The number of rotatable bonds is 4. The molecule has 166 valence electrons. The Hall–Kier alpha value is -1.97. The number of nitrogens with one attached hydrogen (secondary N) is 1. The molecular weight excluding hydrogens is 439 g/mol. The van der Waals surface area contributed by atoms with E-state index < -0.39 is 10.8 Å². The lowest BCUT2D eigenvalue weighted by atomic mass is 9.30. The van der Waals surface area contributed by atoms with Crippen LogP contribution in [0.5, 0.6) is 0 Å². The Morgan fingerprint density at radius 2 is 1.71 bits per heavy atom.